The molecule has 0 aromatic rings. The van der Waals surface area contributed by atoms with E-state index < -0.39 is 23.4 Å². The minimum atomic E-state index is -0.744. The van der Waals surface area contributed by atoms with E-state index in [1.165, 1.54) is 7.11 Å². The Balaban J connectivity index is 2.59. The van der Waals surface area contributed by atoms with E-state index in [-0.39, 0.29) is 24.0 Å². The maximum Gasteiger partial charge on any atom is 0.407 e. The molecule has 1 saturated carbocycles. The average Bonchev–Trinajstić information content (AvgIpc) is 3.17. The topological polar surface area (TPSA) is 81.7 Å². The first-order valence-electron chi connectivity index (χ1n) is 6.94. The number of amides is 1. The average molecular weight is 297 g/mol. The van der Waals surface area contributed by atoms with Crippen molar-refractivity contribution >= 4 is 17.8 Å². The standard InChI is InChI=1S/C15H23NO5/c1-9(13(18)20-5)12(17)8-11(10-6-7-10)16-14(19)21-15(2,3)4/h10-11H,1,6-8H2,2-5H3,(H,16,19). The minimum absolute atomic E-state index is 0.0256. The van der Waals surface area contributed by atoms with Crippen molar-refractivity contribution in [2.24, 2.45) is 5.92 Å². The van der Waals surface area contributed by atoms with Crippen LogP contribution in [-0.2, 0) is 19.1 Å². The third-order valence-corrected chi connectivity index (χ3v) is 3.07. The van der Waals surface area contributed by atoms with E-state index in [4.69, 9.17) is 4.74 Å². The van der Waals surface area contributed by atoms with Crippen molar-refractivity contribution < 1.29 is 23.9 Å². The molecule has 6 heteroatoms. The Labute approximate surface area is 124 Å². The van der Waals surface area contributed by atoms with E-state index in [1.54, 1.807) is 20.8 Å². The number of carbonyl (C=O) groups excluding carboxylic acids is 3. The number of ether oxygens (including phenoxy) is 2. The molecule has 0 spiro atoms. The van der Waals surface area contributed by atoms with Crippen LogP contribution in [0.15, 0.2) is 12.2 Å². The molecule has 0 aromatic carbocycles. The number of hydrogen-bond acceptors (Lipinski definition) is 5. The Kier molecular flexibility index (Phi) is 5.52. The molecule has 0 heterocycles. The van der Waals surface area contributed by atoms with Crippen LogP contribution >= 0.6 is 0 Å². The van der Waals surface area contributed by atoms with Gasteiger partial charge < -0.3 is 14.8 Å². The van der Waals surface area contributed by atoms with Gasteiger partial charge in [0.15, 0.2) is 5.78 Å². The molecular weight excluding hydrogens is 274 g/mol. The third-order valence-electron chi connectivity index (χ3n) is 3.07. The van der Waals surface area contributed by atoms with Crippen molar-refractivity contribution in [2.75, 3.05) is 7.11 Å². The highest BCUT2D eigenvalue weighted by atomic mass is 16.6. The number of alkyl carbamates (subject to hydrolysis) is 1. The molecular formula is C15H23NO5. The van der Waals surface area contributed by atoms with Crippen molar-refractivity contribution in [2.45, 2.75) is 51.7 Å². The lowest BCUT2D eigenvalue weighted by molar-refractivity contribution is -0.137. The summed E-state index contributed by atoms with van der Waals surface area (Å²) in [5.74, 6) is -0.923. The molecule has 0 saturated heterocycles. The summed E-state index contributed by atoms with van der Waals surface area (Å²) in [4.78, 5) is 35.0. The van der Waals surface area contributed by atoms with Gasteiger partial charge in [0.05, 0.1) is 12.7 Å². The summed E-state index contributed by atoms with van der Waals surface area (Å²) in [5.41, 5.74) is -0.799. The van der Waals surface area contributed by atoms with Crippen molar-refractivity contribution in [3.8, 4) is 0 Å². The zero-order valence-electron chi connectivity index (χ0n) is 13.0. The predicted octanol–water partition coefficient (Wildman–Crippen LogP) is 1.98. The fourth-order valence-corrected chi connectivity index (χ4v) is 1.85. The summed E-state index contributed by atoms with van der Waals surface area (Å²) in [7, 11) is 1.19. The molecule has 1 aliphatic carbocycles. The largest absolute Gasteiger partial charge is 0.465 e. The Morgan fingerprint density at radius 2 is 1.86 bits per heavy atom. The van der Waals surface area contributed by atoms with Gasteiger partial charge in [0.25, 0.3) is 0 Å². The number of nitrogens with one attached hydrogen (secondary N) is 1. The molecule has 1 fully saturated rings. The molecule has 0 bridgehead atoms. The van der Waals surface area contributed by atoms with Crippen LogP contribution < -0.4 is 5.32 Å². The number of esters is 1. The van der Waals surface area contributed by atoms with Crippen molar-refractivity contribution in [1.82, 2.24) is 5.32 Å². The van der Waals surface area contributed by atoms with Crippen LogP contribution in [0.2, 0.25) is 0 Å². The maximum absolute atomic E-state index is 12.0. The van der Waals surface area contributed by atoms with Gasteiger partial charge in [-0.15, -0.1) is 0 Å². The van der Waals surface area contributed by atoms with Crippen molar-refractivity contribution in [3.63, 3.8) is 0 Å². The number of ketones is 1. The van der Waals surface area contributed by atoms with Gasteiger partial charge in [-0.1, -0.05) is 6.58 Å². The van der Waals surface area contributed by atoms with Crippen molar-refractivity contribution in [1.29, 1.82) is 0 Å². The van der Waals surface area contributed by atoms with E-state index in [0.717, 1.165) is 12.8 Å². The fourth-order valence-electron chi connectivity index (χ4n) is 1.85. The predicted molar refractivity (Wildman–Crippen MR) is 76.7 cm³/mol. The van der Waals surface area contributed by atoms with Crippen LogP contribution in [0.5, 0.6) is 0 Å². The lowest BCUT2D eigenvalue weighted by Gasteiger charge is -2.23. The molecule has 1 rings (SSSR count). The number of carbonyl (C=O) groups is 3. The monoisotopic (exact) mass is 297 g/mol. The van der Waals surface area contributed by atoms with Gasteiger partial charge >= 0.3 is 12.1 Å². The van der Waals surface area contributed by atoms with Crippen LogP contribution in [0.25, 0.3) is 0 Å². The van der Waals surface area contributed by atoms with Gasteiger partial charge in [0.1, 0.15) is 5.60 Å². The molecule has 1 atom stereocenters. The first kappa shape index (κ1) is 17.2. The molecule has 118 valence electrons. The summed E-state index contributed by atoms with van der Waals surface area (Å²) < 4.78 is 9.65. The van der Waals surface area contributed by atoms with Gasteiger partial charge in [-0.3, -0.25) is 4.79 Å². The summed E-state index contributed by atoms with van der Waals surface area (Å²) in [6.07, 6.45) is 1.35. The third kappa shape index (κ3) is 5.97. The molecule has 0 aliphatic heterocycles. The van der Waals surface area contributed by atoms with Gasteiger partial charge in [-0.25, -0.2) is 9.59 Å². The van der Waals surface area contributed by atoms with E-state index in [1.807, 2.05) is 0 Å². The smallest absolute Gasteiger partial charge is 0.407 e. The van der Waals surface area contributed by atoms with Crippen molar-refractivity contribution in [3.05, 3.63) is 12.2 Å². The second-order valence-electron chi connectivity index (χ2n) is 6.19. The van der Waals surface area contributed by atoms with E-state index >= 15 is 0 Å². The zero-order chi connectivity index (χ0) is 16.2. The van der Waals surface area contributed by atoms with Gasteiger partial charge in [0, 0.05) is 12.5 Å². The molecule has 0 aromatic heterocycles. The molecule has 1 unspecified atom stereocenters. The van der Waals surface area contributed by atoms with Crippen LogP contribution in [-0.4, -0.2) is 36.6 Å². The molecule has 0 radical (unpaired) electrons. The SMILES string of the molecule is C=C(C(=O)CC(NC(=O)OC(C)(C)C)C1CC1)C(=O)OC. The Morgan fingerprint density at radius 3 is 2.29 bits per heavy atom. The summed E-state index contributed by atoms with van der Waals surface area (Å²) >= 11 is 0. The Morgan fingerprint density at radius 1 is 1.29 bits per heavy atom. The first-order chi connectivity index (χ1) is 9.64. The van der Waals surface area contributed by atoms with Crippen LogP contribution in [0, 0.1) is 5.92 Å². The molecule has 6 nitrogen and oxygen atoms in total. The minimum Gasteiger partial charge on any atom is -0.465 e. The molecule has 21 heavy (non-hydrogen) atoms. The first-order valence-corrected chi connectivity index (χ1v) is 6.94. The molecule has 1 amide bonds. The highest BCUT2D eigenvalue weighted by Crippen LogP contribution is 2.34. The van der Waals surface area contributed by atoms with Gasteiger partial charge in [0.2, 0.25) is 0 Å². The second-order valence-corrected chi connectivity index (χ2v) is 6.19. The zero-order valence-corrected chi connectivity index (χ0v) is 13.0. The number of rotatable bonds is 6. The number of Topliss-reactive ketones (excluding diaryl/α,β-unsaturated/α-hetero) is 1. The van der Waals surface area contributed by atoms with Gasteiger partial charge in [-0.05, 0) is 39.5 Å². The maximum atomic E-state index is 12.0. The molecule has 1 aliphatic rings. The number of methoxy groups -OCH3 is 1. The van der Waals surface area contributed by atoms with E-state index in [9.17, 15) is 14.4 Å². The highest BCUT2D eigenvalue weighted by Gasteiger charge is 2.35. The second kappa shape index (κ2) is 6.74. The normalized spacial score (nSPS) is 15.8. The van der Waals surface area contributed by atoms with Gasteiger partial charge in [-0.2, -0.15) is 0 Å². The van der Waals surface area contributed by atoms with E-state index in [2.05, 4.69) is 16.6 Å². The summed E-state index contributed by atoms with van der Waals surface area (Å²) in [6.45, 7) is 8.73. The lowest BCUT2D eigenvalue weighted by Crippen LogP contribution is -2.41. The Bertz CT molecular complexity index is 445. The highest BCUT2D eigenvalue weighted by molar-refractivity contribution is 6.16. The molecule has 1 N–H and O–H groups in total. The number of hydrogen-bond donors (Lipinski definition) is 1. The van der Waals surface area contributed by atoms with Crippen LogP contribution in [0.3, 0.4) is 0 Å². The van der Waals surface area contributed by atoms with Crippen LogP contribution in [0.1, 0.15) is 40.0 Å². The fraction of sp³-hybridized carbons (Fsp3) is 0.667. The summed E-state index contributed by atoms with van der Waals surface area (Å²) in [6, 6.07) is -0.339. The van der Waals surface area contributed by atoms with E-state index in [0.29, 0.717) is 0 Å². The Hall–Kier alpha value is -1.85. The summed E-state index contributed by atoms with van der Waals surface area (Å²) in [5, 5.41) is 2.70. The lowest BCUT2D eigenvalue weighted by atomic mass is 10.0. The quantitative estimate of drug-likeness (QED) is 0.351. The van der Waals surface area contributed by atoms with Crippen LogP contribution in [0.4, 0.5) is 4.79 Å².